The van der Waals surface area contributed by atoms with Gasteiger partial charge in [0.1, 0.15) is 6.04 Å². The zero-order chi connectivity index (χ0) is 14.5. The van der Waals surface area contributed by atoms with E-state index in [1.165, 1.54) is 23.6 Å². The largest absolute Gasteiger partial charge is 0.383 e. The van der Waals surface area contributed by atoms with Crippen molar-refractivity contribution in [2.45, 2.75) is 19.4 Å². The highest BCUT2D eigenvalue weighted by molar-refractivity contribution is 5.86. The van der Waals surface area contributed by atoms with Crippen molar-refractivity contribution in [3.8, 4) is 0 Å². The van der Waals surface area contributed by atoms with Gasteiger partial charge in [-0.2, -0.15) is 0 Å². The maximum absolute atomic E-state index is 11.7. The molecule has 0 fully saturated rings. The van der Waals surface area contributed by atoms with Crippen molar-refractivity contribution in [1.29, 1.82) is 0 Å². The van der Waals surface area contributed by atoms with E-state index in [-0.39, 0.29) is 12.5 Å². The van der Waals surface area contributed by atoms with Gasteiger partial charge in [-0.15, -0.1) is 0 Å². The van der Waals surface area contributed by atoms with Crippen LogP contribution in [-0.2, 0) is 16.0 Å². The minimum absolute atomic E-state index is 0.177. The van der Waals surface area contributed by atoms with Crippen LogP contribution in [0.15, 0.2) is 24.4 Å². The molecule has 4 N–H and O–H groups in total. The Labute approximate surface area is 118 Å². The smallest absolute Gasteiger partial charge is 0.239 e. The van der Waals surface area contributed by atoms with Crippen LogP contribution >= 0.6 is 0 Å². The second-order valence-electron chi connectivity index (χ2n) is 4.91. The van der Waals surface area contributed by atoms with Gasteiger partial charge in [-0.25, -0.2) is 0 Å². The van der Waals surface area contributed by atoms with Crippen LogP contribution in [0.25, 0.3) is 10.9 Å². The van der Waals surface area contributed by atoms with E-state index < -0.39 is 6.04 Å². The van der Waals surface area contributed by atoms with E-state index in [9.17, 15) is 4.79 Å². The van der Waals surface area contributed by atoms with Crippen LogP contribution in [0, 0.1) is 6.92 Å². The maximum atomic E-state index is 11.7. The summed E-state index contributed by atoms with van der Waals surface area (Å²) >= 11 is 0. The summed E-state index contributed by atoms with van der Waals surface area (Å²) in [5.41, 5.74) is 9.23. The first-order valence-corrected chi connectivity index (χ1v) is 6.71. The number of nitrogens with two attached hydrogens (primary N) is 1. The Morgan fingerprint density at radius 1 is 1.50 bits per heavy atom. The van der Waals surface area contributed by atoms with Gasteiger partial charge in [-0.05, 0) is 30.5 Å². The molecule has 1 atom stereocenters. The molecule has 0 bridgehead atoms. The van der Waals surface area contributed by atoms with Crippen LogP contribution in [0.5, 0.6) is 0 Å². The molecule has 0 aliphatic heterocycles. The zero-order valence-electron chi connectivity index (χ0n) is 11.9. The molecule has 1 unspecified atom stereocenters. The average molecular weight is 275 g/mol. The third-order valence-electron chi connectivity index (χ3n) is 3.37. The van der Waals surface area contributed by atoms with Crippen LogP contribution in [0.4, 0.5) is 0 Å². The van der Waals surface area contributed by atoms with E-state index >= 15 is 0 Å². The number of rotatable bonds is 6. The number of methoxy groups -OCH3 is 1. The number of nitrogens with one attached hydrogen (secondary N) is 2. The first kappa shape index (κ1) is 14.6. The van der Waals surface area contributed by atoms with Crippen molar-refractivity contribution >= 4 is 16.8 Å². The van der Waals surface area contributed by atoms with Crippen molar-refractivity contribution in [2.75, 3.05) is 20.3 Å². The highest BCUT2D eigenvalue weighted by Gasteiger charge is 2.12. The number of carbonyl (C=O) groups excluding carboxylic acids is 1. The molecule has 1 amide bonds. The first-order chi connectivity index (χ1) is 9.63. The quantitative estimate of drug-likeness (QED) is 0.738. The third-order valence-corrected chi connectivity index (χ3v) is 3.37. The molecule has 0 saturated heterocycles. The molecule has 0 aliphatic carbocycles. The number of aromatic amines is 1. The van der Waals surface area contributed by atoms with Crippen LogP contribution < -0.4 is 11.1 Å². The van der Waals surface area contributed by atoms with Crippen LogP contribution in [0.3, 0.4) is 0 Å². The number of benzene rings is 1. The second-order valence-corrected chi connectivity index (χ2v) is 4.91. The predicted molar refractivity (Wildman–Crippen MR) is 79.6 cm³/mol. The Hall–Kier alpha value is -1.85. The van der Waals surface area contributed by atoms with E-state index in [1.807, 2.05) is 12.3 Å². The molecule has 2 rings (SSSR count). The highest BCUT2D eigenvalue weighted by atomic mass is 16.5. The number of H-pyrrole nitrogens is 1. The minimum Gasteiger partial charge on any atom is -0.383 e. The number of aryl methyl sites for hydroxylation is 1. The summed E-state index contributed by atoms with van der Waals surface area (Å²) in [4.78, 5) is 14.9. The van der Waals surface area contributed by atoms with E-state index in [0.29, 0.717) is 6.54 Å². The Morgan fingerprint density at radius 3 is 3.05 bits per heavy atom. The van der Waals surface area contributed by atoms with E-state index in [1.54, 1.807) is 0 Å². The monoisotopic (exact) mass is 275 g/mol. The number of hydrogen-bond acceptors (Lipinski definition) is 3. The van der Waals surface area contributed by atoms with E-state index in [4.69, 9.17) is 10.5 Å². The Balaban J connectivity index is 1.95. The number of fused-ring (bicyclic) bond motifs is 1. The van der Waals surface area contributed by atoms with Crippen molar-refractivity contribution in [1.82, 2.24) is 10.3 Å². The lowest BCUT2D eigenvalue weighted by Gasteiger charge is -2.11. The lowest BCUT2D eigenvalue weighted by molar-refractivity contribution is -0.123. The number of ether oxygens (including phenoxy) is 1. The molecule has 1 aromatic carbocycles. The molecule has 1 heterocycles. The fourth-order valence-corrected chi connectivity index (χ4v) is 2.36. The van der Waals surface area contributed by atoms with Crippen molar-refractivity contribution in [3.63, 3.8) is 0 Å². The molecule has 5 heteroatoms. The fourth-order valence-electron chi connectivity index (χ4n) is 2.36. The minimum atomic E-state index is -0.607. The lowest BCUT2D eigenvalue weighted by Crippen LogP contribution is -2.44. The molecule has 5 nitrogen and oxygen atoms in total. The number of amides is 1. The summed E-state index contributed by atoms with van der Waals surface area (Å²) in [5.74, 6) is -0.177. The maximum Gasteiger partial charge on any atom is 0.239 e. The summed E-state index contributed by atoms with van der Waals surface area (Å²) in [6.45, 7) is 2.89. The topological polar surface area (TPSA) is 80.1 Å². The van der Waals surface area contributed by atoms with Gasteiger partial charge in [0.05, 0.1) is 6.61 Å². The standard InChI is InChI=1S/C15H21N3O2/c1-10-4-3-5-13-14(10)11(8-18-13)6-7-17-15(19)12(16)9-20-2/h3-5,8,12,18H,6-7,9,16H2,1-2H3,(H,17,19). The van der Waals surface area contributed by atoms with Crippen molar-refractivity contribution in [2.24, 2.45) is 5.73 Å². The number of aromatic nitrogens is 1. The zero-order valence-corrected chi connectivity index (χ0v) is 11.9. The van der Waals surface area contributed by atoms with Gasteiger partial charge >= 0.3 is 0 Å². The highest BCUT2D eigenvalue weighted by Crippen LogP contribution is 2.22. The van der Waals surface area contributed by atoms with Gasteiger partial charge in [0, 0.05) is 30.8 Å². The van der Waals surface area contributed by atoms with E-state index in [0.717, 1.165) is 11.9 Å². The number of hydrogen-bond donors (Lipinski definition) is 3. The SMILES string of the molecule is COCC(N)C(=O)NCCc1c[nH]c2cccc(C)c12. The van der Waals surface area contributed by atoms with E-state index in [2.05, 4.69) is 29.4 Å². The molecule has 2 aromatic rings. The van der Waals surface area contributed by atoms with Crippen molar-refractivity contribution < 1.29 is 9.53 Å². The normalized spacial score (nSPS) is 12.6. The predicted octanol–water partition coefficient (Wildman–Crippen LogP) is 1.11. The van der Waals surface area contributed by atoms with Crippen molar-refractivity contribution in [3.05, 3.63) is 35.5 Å². The molecule has 0 spiro atoms. The van der Waals surface area contributed by atoms with Gasteiger partial charge in [-0.1, -0.05) is 12.1 Å². The van der Waals surface area contributed by atoms with Gasteiger partial charge in [0.2, 0.25) is 5.91 Å². The summed E-state index contributed by atoms with van der Waals surface area (Å²) in [6, 6.07) is 5.57. The summed E-state index contributed by atoms with van der Waals surface area (Å²) in [7, 11) is 1.53. The fraction of sp³-hybridized carbons (Fsp3) is 0.400. The molecule has 1 aromatic heterocycles. The lowest BCUT2D eigenvalue weighted by atomic mass is 10.1. The summed E-state index contributed by atoms with van der Waals surface area (Å²) in [5, 5.41) is 4.07. The third kappa shape index (κ3) is 3.18. The Bertz CT molecular complexity index is 592. The molecule has 0 aliphatic rings. The van der Waals surface area contributed by atoms with Crippen LogP contribution in [0.2, 0.25) is 0 Å². The van der Waals surface area contributed by atoms with Crippen LogP contribution in [0.1, 0.15) is 11.1 Å². The van der Waals surface area contributed by atoms with Gasteiger partial charge < -0.3 is 20.8 Å². The second kappa shape index (κ2) is 6.54. The molecule has 20 heavy (non-hydrogen) atoms. The molecule has 0 radical (unpaired) electrons. The molecular weight excluding hydrogens is 254 g/mol. The summed E-state index contributed by atoms with van der Waals surface area (Å²) < 4.78 is 4.86. The van der Waals surface area contributed by atoms with Gasteiger partial charge in [-0.3, -0.25) is 4.79 Å². The number of carbonyl (C=O) groups is 1. The van der Waals surface area contributed by atoms with Gasteiger partial charge in [0.15, 0.2) is 0 Å². The molecular formula is C15H21N3O2. The average Bonchev–Trinajstić information content (AvgIpc) is 2.83. The first-order valence-electron chi connectivity index (χ1n) is 6.71. The molecule has 108 valence electrons. The van der Waals surface area contributed by atoms with Crippen LogP contribution in [-0.4, -0.2) is 37.2 Å². The Kier molecular flexibility index (Phi) is 4.76. The van der Waals surface area contributed by atoms with Gasteiger partial charge in [0.25, 0.3) is 0 Å². The Morgan fingerprint density at radius 2 is 2.30 bits per heavy atom. The molecule has 0 saturated carbocycles. The summed E-state index contributed by atoms with van der Waals surface area (Å²) in [6.07, 6.45) is 2.77.